The molecule has 0 aliphatic carbocycles. The van der Waals surface area contributed by atoms with E-state index in [-0.39, 0.29) is 28.2 Å². The third-order valence-corrected chi connectivity index (χ3v) is 4.09. The summed E-state index contributed by atoms with van der Waals surface area (Å²) in [5.41, 5.74) is 0.649. The van der Waals surface area contributed by atoms with Crippen LogP contribution in [-0.4, -0.2) is 32.7 Å². The highest BCUT2D eigenvalue weighted by molar-refractivity contribution is 6.00. The molecule has 0 aliphatic rings. The van der Waals surface area contributed by atoms with Crippen LogP contribution in [0.5, 0.6) is 0 Å². The second-order valence-electron chi connectivity index (χ2n) is 6.09. The number of carbonyl (C=O) groups excluding carboxylic acids is 1. The molecule has 0 aliphatic heterocycles. The number of hydrogen-bond donors (Lipinski definition) is 1. The predicted octanol–water partition coefficient (Wildman–Crippen LogP) is 4.08. The third-order valence-electron chi connectivity index (χ3n) is 4.09. The molecule has 1 amide bonds. The second-order valence-corrected chi connectivity index (χ2v) is 6.09. The molecule has 2 heterocycles. The van der Waals surface area contributed by atoms with Gasteiger partial charge in [-0.3, -0.25) is 4.79 Å². The van der Waals surface area contributed by atoms with Crippen LogP contribution in [0.3, 0.4) is 0 Å². The number of fused-ring (bicyclic) bond motifs is 1. The summed E-state index contributed by atoms with van der Waals surface area (Å²) < 4.78 is 53.7. The van der Waals surface area contributed by atoms with Crippen molar-refractivity contribution in [2.45, 2.75) is 26.1 Å². The van der Waals surface area contributed by atoms with Crippen LogP contribution in [0.1, 0.15) is 23.0 Å². The van der Waals surface area contributed by atoms with Gasteiger partial charge in [0, 0.05) is 11.3 Å². The van der Waals surface area contributed by atoms with E-state index in [0.29, 0.717) is 5.69 Å². The van der Waals surface area contributed by atoms with Gasteiger partial charge >= 0.3 is 6.18 Å². The smallest absolute Gasteiger partial charge is 0.340 e. The van der Waals surface area contributed by atoms with Crippen molar-refractivity contribution < 1.29 is 22.4 Å². The summed E-state index contributed by atoms with van der Waals surface area (Å²) in [6, 6.07) is 3.19. The molecule has 1 N–H and O–H groups in total. The van der Waals surface area contributed by atoms with Crippen LogP contribution in [0.25, 0.3) is 21.7 Å². The van der Waals surface area contributed by atoms with Gasteiger partial charge in [0.15, 0.2) is 11.3 Å². The van der Waals surface area contributed by atoms with E-state index in [1.165, 1.54) is 22.7 Å². The van der Waals surface area contributed by atoms with Crippen LogP contribution < -0.4 is 5.32 Å². The molecule has 1 aromatic carbocycles. The van der Waals surface area contributed by atoms with Crippen molar-refractivity contribution in [3.63, 3.8) is 0 Å². The van der Waals surface area contributed by atoms with Gasteiger partial charge < -0.3 is 5.32 Å². The van der Waals surface area contributed by atoms with Gasteiger partial charge in [-0.1, -0.05) is 6.07 Å². The van der Waals surface area contributed by atoms with Gasteiger partial charge in [0.1, 0.15) is 17.4 Å². The molecule has 0 radical (unpaired) electrons. The van der Waals surface area contributed by atoms with Gasteiger partial charge in [0.2, 0.25) is 0 Å². The summed E-state index contributed by atoms with van der Waals surface area (Å²) in [5.74, 6) is -1.63. The number of rotatable bonds is 3. The third kappa shape index (κ3) is 3.51. The number of nitrogens with zero attached hydrogens (tertiary/aromatic N) is 4. The maximum Gasteiger partial charge on any atom is 0.408 e. The minimum Gasteiger partial charge on any atom is -0.340 e. The minimum absolute atomic E-state index is 0.0190. The number of alkyl halides is 3. The highest BCUT2D eigenvalue weighted by atomic mass is 19.4. The Morgan fingerprint density at radius 2 is 2.04 bits per heavy atom. The first-order valence-electron chi connectivity index (χ1n) is 8.02. The molecule has 144 valence electrons. The van der Waals surface area contributed by atoms with Gasteiger partial charge in [-0.2, -0.15) is 18.3 Å². The first-order chi connectivity index (χ1) is 13.1. The Morgan fingerprint density at radius 3 is 2.68 bits per heavy atom. The van der Waals surface area contributed by atoms with Crippen molar-refractivity contribution in [1.29, 1.82) is 0 Å². The fourth-order valence-electron chi connectivity index (χ4n) is 2.55. The summed E-state index contributed by atoms with van der Waals surface area (Å²) in [7, 11) is 0. The number of carbonyl (C=O) groups is 1. The molecule has 0 saturated heterocycles. The Labute approximate surface area is 156 Å². The first kappa shape index (κ1) is 19.3. The normalized spacial score (nSPS) is 12.6. The van der Waals surface area contributed by atoms with Crippen LogP contribution in [0.2, 0.25) is 0 Å². The van der Waals surface area contributed by atoms with Crippen molar-refractivity contribution in [3.8, 4) is 11.3 Å². The average Bonchev–Trinajstić information content (AvgIpc) is 3.06. The standard InChI is InChI=1S/C18H13F4N5O/c1-9-6-15(12-7-11(23-3)4-5-14(12)19)26-16-13(8-24-27(9)16)17(28)25-10(2)18(20,21)22/h4-8,10H,1-2H3,(H,25,28)/t10-/m1/s1. The lowest BCUT2D eigenvalue weighted by Crippen LogP contribution is -2.43. The Bertz CT molecular complexity index is 1110. The van der Waals surface area contributed by atoms with Crippen molar-refractivity contribution in [3.05, 3.63) is 59.0 Å². The van der Waals surface area contributed by atoms with E-state index in [4.69, 9.17) is 6.57 Å². The predicted molar refractivity (Wildman–Crippen MR) is 92.4 cm³/mol. The number of amides is 1. The maximum atomic E-state index is 14.2. The molecule has 10 heteroatoms. The van der Waals surface area contributed by atoms with Gasteiger partial charge in [-0.25, -0.2) is 18.7 Å². The number of halogens is 4. The van der Waals surface area contributed by atoms with E-state index in [9.17, 15) is 22.4 Å². The van der Waals surface area contributed by atoms with Crippen molar-refractivity contribution in [1.82, 2.24) is 19.9 Å². The number of aromatic nitrogens is 3. The van der Waals surface area contributed by atoms with E-state index >= 15 is 0 Å². The van der Waals surface area contributed by atoms with E-state index in [0.717, 1.165) is 19.2 Å². The highest BCUT2D eigenvalue weighted by Gasteiger charge is 2.37. The molecule has 0 bridgehead atoms. The van der Waals surface area contributed by atoms with Crippen LogP contribution >= 0.6 is 0 Å². The van der Waals surface area contributed by atoms with Crippen LogP contribution in [0.15, 0.2) is 30.5 Å². The highest BCUT2D eigenvalue weighted by Crippen LogP contribution is 2.28. The van der Waals surface area contributed by atoms with E-state index in [1.54, 1.807) is 6.92 Å². The molecule has 3 rings (SSSR count). The maximum absolute atomic E-state index is 14.2. The molecule has 28 heavy (non-hydrogen) atoms. The fourth-order valence-corrected chi connectivity index (χ4v) is 2.55. The summed E-state index contributed by atoms with van der Waals surface area (Å²) >= 11 is 0. The Balaban J connectivity index is 2.09. The van der Waals surface area contributed by atoms with E-state index in [2.05, 4.69) is 14.9 Å². The molecule has 2 aromatic heterocycles. The Morgan fingerprint density at radius 1 is 1.32 bits per heavy atom. The second kappa shape index (κ2) is 6.92. The molecule has 6 nitrogen and oxygen atoms in total. The SMILES string of the molecule is [C-]#[N+]c1ccc(F)c(-c2cc(C)n3ncc(C(=O)N[C@H](C)C(F)(F)F)c3n2)c1. The van der Waals surface area contributed by atoms with Crippen LogP contribution in [0, 0.1) is 19.3 Å². The lowest BCUT2D eigenvalue weighted by molar-refractivity contribution is -0.149. The summed E-state index contributed by atoms with van der Waals surface area (Å²) in [5, 5.41) is 5.82. The topological polar surface area (TPSA) is 63.7 Å². The quantitative estimate of drug-likeness (QED) is 0.541. The fraction of sp³-hybridized carbons (Fsp3) is 0.222. The zero-order valence-electron chi connectivity index (χ0n) is 14.7. The number of benzene rings is 1. The Kier molecular flexibility index (Phi) is 4.77. The number of aryl methyl sites for hydroxylation is 1. The van der Waals surface area contributed by atoms with Gasteiger partial charge in [-0.05, 0) is 32.0 Å². The van der Waals surface area contributed by atoms with Crippen LogP contribution in [-0.2, 0) is 0 Å². The van der Waals surface area contributed by atoms with Crippen molar-refractivity contribution in [2.75, 3.05) is 0 Å². The van der Waals surface area contributed by atoms with E-state index < -0.39 is 23.9 Å². The van der Waals surface area contributed by atoms with Crippen molar-refractivity contribution >= 4 is 17.2 Å². The largest absolute Gasteiger partial charge is 0.408 e. The summed E-state index contributed by atoms with van der Waals surface area (Å²) in [4.78, 5) is 19.7. The molecule has 0 spiro atoms. The lowest BCUT2D eigenvalue weighted by atomic mass is 10.1. The molecule has 0 unspecified atom stereocenters. The zero-order chi connectivity index (χ0) is 20.6. The molecule has 3 aromatic rings. The molecule has 1 atom stereocenters. The Hall–Kier alpha value is -3.48. The molecular formula is C18H13F4N5O. The zero-order valence-corrected chi connectivity index (χ0v) is 14.7. The molecule has 0 fully saturated rings. The summed E-state index contributed by atoms with van der Waals surface area (Å²) in [6.45, 7) is 9.50. The average molecular weight is 391 g/mol. The number of nitrogens with one attached hydrogen (secondary N) is 1. The first-order valence-corrected chi connectivity index (χ1v) is 8.02. The van der Waals surface area contributed by atoms with Crippen LogP contribution in [0.4, 0.5) is 23.2 Å². The number of hydrogen-bond acceptors (Lipinski definition) is 3. The van der Waals surface area contributed by atoms with Gasteiger partial charge in [-0.15, -0.1) is 0 Å². The van der Waals surface area contributed by atoms with E-state index in [1.807, 2.05) is 5.32 Å². The van der Waals surface area contributed by atoms with Gasteiger partial charge in [0.25, 0.3) is 5.91 Å². The summed E-state index contributed by atoms with van der Waals surface area (Å²) in [6.07, 6.45) is -3.50. The lowest BCUT2D eigenvalue weighted by Gasteiger charge is -2.16. The minimum atomic E-state index is -4.60. The monoisotopic (exact) mass is 391 g/mol. The molecule has 0 saturated carbocycles. The van der Waals surface area contributed by atoms with Gasteiger partial charge in [0.05, 0.1) is 18.5 Å². The van der Waals surface area contributed by atoms with Crippen molar-refractivity contribution in [2.24, 2.45) is 0 Å². The molecular weight excluding hydrogens is 378 g/mol.